The Morgan fingerprint density at radius 2 is 2.22 bits per heavy atom. The summed E-state index contributed by atoms with van der Waals surface area (Å²) in [7, 11) is 0. The largest absolute Gasteiger partial charge is 0.357 e. The fourth-order valence-electron chi connectivity index (χ4n) is 1.82. The lowest BCUT2D eigenvalue weighted by Crippen LogP contribution is -2.38. The molecule has 0 aliphatic heterocycles. The molecule has 1 heterocycles. The van der Waals surface area contributed by atoms with Crippen molar-refractivity contribution in [3.05, 3.63) is 15.6 Å². The van der Waals surface area contributed by atoms with Crippen molar-refractivity contribution >= 4 is 17.3 Å². The molecule has 1 saturated carbocycles. The van der Waals surface area contributed by atoms with Crippen molar-refractivity contribution in [3.63, 3.8) is 0 Å². The Balaban J connectivity index is 1.85. The maximum absolute atomic E-state index is 4.61. The minimum atomic E-state index is 0.648. The van der Waals surface area contributed by atoms with Crippen molar-refractivity contribution in [3.8, 4) is 0 Å². The standard InChI is InChI=1S/C13H22N4S/c1-4-14-13(17-11-5-6-11)15-8-7-12-9(2)16-10(3)18-12/h11H,4-8H2,1-3H3,(H2,14,15,17). The molecule has 4 nitrogen and oxygen atoms in total. The molecule has 0 bridgehead atoms. The molecule has 18 heavy (non-hydrogen) atoms. The Hall–Kier alpha value is -1.10. The number of rotatable bonds is 5. The van der Waals surface area contributed by atoms with Crippen molar-refractivity contribution in [1.82, 2.24) is 15.6 Å². The number of aromatic nitrogens is 1. The summed E-state index contributed by atoms with van der Waals surface area (Å²) < 4.78 is 0. The van der Waals surface area contributed by atoms with Gasteiger partial charge in [-0.15, -0.1) is 11.3 Å². The summed E-state index contributed by atoms with van der Waals surface area (Å²) in [6.07, 6.45) is 3.54. The van der Waals surface area contributed by atoms with E-state index in [2.05, 4.69) is 41.4 Å². The predicted octanol–water partition coefficient (Wildman–Crippen LogP) is 2.02. The molecule has 1 aromatic heterocycles. The highest BCUT2D eigenvalue weighted by Crippen LogP contribution is 2.19. The maximum atomic E-state index is 4.61. The summed E-state index contributed by atoms with van der Waals surface area (Å²) in [6, 6.07) is 0.648. The molecule has 1 aliphatic carbocycles. The molecule has 0 saturated heterocycles. The monoisotopic (exact) mass is 266 g/mol. The van der Waals surface area contributed by atoms with Crippen LogP contribution >= 0.6 is 11.3 Å². The van der Waals surface area contributed by atoms with Gasteiger partial charge in [-0.05, 0) is 33.6 Å². The summed E-state index contributed by atoms with van der Waals surface area (Å²) in [4.78, 5) is 10.4. The van der Waals surface area contributed by atoms with E-state index in [0.717, 1.165) is 36.2 Å². The number of aryl methyl sites for hydroxylation is 2. The average molecular weight is 266 g/mol. The number of aliphatic imine (C=N–C) groups is 1. The highest BCUT2D eigenvalue weighted by atomic mass is 32.1. The zero-order valence-corrected chi connectivity index (χ0v) is 12.2. The van der Waals surface area contributed by atoms with Gasteiger partial charge in [0.15, 0.2) is 5.96 Å². The molecule has 2 N–H and O–H groups in total. The smallest absolute Gasteiger partial charge is 0.191 e. The van der Waals surface area contributed by atoms with Crippen LogP contribution in [0.15, 0.2) is 4.99 Å². The lowest BCUT2D eigenvalue weighted by Gasteiger charge is -2.09. The van der Waals surface area contributed by atoms with E-state index < -0.39 is 0 Å². The van der Waals surface area contributed by atoms with Crippen LogP contribution in [-0.2, 0) is 6.42 Å². The zero-order chi connectivity index (χ0) is 13.0. The van der Waals surface area contributed by atoms with Crippen molar-refractivity contribution in [2.75, 3.05) is 13.1 Å². The van der Waals surface area contributed by atoms with E-state index in [-0.39, 0.29) is 0 Å². The average Bonchev–Trinajstić information content (AvgIpc) is 3.06. The van der Waals surface area contributed by atoms with Gasteiger partial charge < -0.3 is 10.6 Å². The van der Waals surface area contributed by atoms with Gasteiger partial charge in [0.1, 0.15) is 0 Å². The Morgan fingerprint density at radius 3 is 2.78 bits per heavy atom. The van der Waals surface area contributed by atoms with Crippen LogP contribution in [0.5, 0.6) is 0 Å². The van der Waals surface area contributed by atoms with Crippen LogP contribution in [0.3, 0.4) is 0 Å². The first-order chi connectivity index (χ1) is 8.69. The van der Waals surface area contributed by atoms with Crippen LogP contribution < -0.4 is 10.6 Å². The molecule has 1 aliphatic rings. The Kier molecular flexibility index (Phi) is 4.58. The van der Waals surface area contributed by atoms with Crippen molar-refractivity contribution < 1.29 is 0 Å². The fraction of sp³-hybridized carbons (Fsp3) is 0.692. The van der Waals surface area contributed by atoms with Gasteiger partial charge in [-0.2, -0.15) is 0 Å². The molecule has 1 aromatic rings. The number of nitrogens with zero attached hydrogens (tertiary/aromatic N) is 2. The van der Waals surface area contributed by atoms with Gasteiger partial charge in [-0.25, -0.2) is 4.98 Å². The third-order valence-corrected chi connectivity index (χ3v) is 4.00. The van der Waals surface area contributed by atoms with E-state index in [1.165, 1.54) is 17.7 Å². The summed E-state index contributed by atoms with van der Waals surface area (Å²) >= 11 is 1.78. The topological polar surface area (TPSA) is 49.3 Å². The predicted molar refractivity (Wildman–Crippen MR) is 77.4 cm³/mol. The summed E-state index contributed by atoms with van der Waals surface area (Å²) in [5.74, 6) is 0.957. The van der Waals surface area contributed by atoms with Gasteiger partial charge in [0, 0.05) is 30.4 Å². The van der Waals surface area contributed by atoms with Crippen molar-refractivity contribution in [1.29, 1.82) is 0 Å². The minimum absolute atomic E-state index is 0.648. The fourth-order valence-corrected chi connectivity index (χ4v) is 2.74. The van der Waals surface area contributed by atoms with Crippen LogP contribution in [0.1, 0.15) is 35.3 Å². The van der Waals surface area contributed by atoms with Gasteiger partial charge in [-0.1, -0.05) is 0 Å². The summed E-state index contributed by atoms with van der Waals surface area (Å²) in [5.41, 5.74) is 1.16. The first-order valence-corrected chi connectivity index (χ1v) is 7.48. The molecule has 2 rings (SSSR count). The minimum Gasteiger partial charge on any atom is -0.357 e. The van der Waals surface area contributed by atoms with Gasteiger partial charge in [-0.3, -0.25) is 4.99 Å². The zero-order valence-electron chi connectivity index (χ0n) is 11.4. The van der Waals surface area contributed by atoms with E-state index in [0.29, 0.717) is 6.04 Å². The van der Waals surface area contributed by atoms with E-state index in [4.69, 9.17) is 0 Å². The van der Waals surface area contributed by atoms with E-state index in [1.807, 2.05) is 0 Å². The van der Waals surface area contributed by atoms with E-state index >= 15 is 0 Å². The Labute approximate surface area is 113 Å². The lowest BCUT2D eigenvalue weighted by molar-refractivity contribution is 0.808. The number of guanidine groups is 1. The molecule has 0 spiro atoms. The summed E-state index contributed by atoms with van der Waals surface area (Å²) in [5, 5.41) is 7.86. The molecule has 1 fully saturated rings. The molecule has 5 heteroatoms. The molecular formula is C13H22N4S. The number of hydrogen-bond donors (Lipinski definition) is 2. The van der Waals surface area contributed by atoms with Crippen LogP contribution in [0, 0.1) is 13.8 Å². The third kappa shape index (κ3) is 3.98. The SMILES string of the molecule is CCNC(=NCCc1sc(C)nc1C)NC1CC1. The van der Waals surface area contributed by atoms with Crippen LogP contribution in [0.25, 0.3) is 0 Å². The van der Waals surface area contributed by atoms with E-state index in [9.17, 15) is 0 Å². The molecular weight excluding hydrogens is 244 g/mol. The Bertz CT molecular complexity index is 421. The van der Waals surface area contributed by atoms with Crippen molar-refractivity contribution in [2.24, 2.45) is 4.99 Å². The second kappa shape index (κ2) is 6.18. The van der Waals surface area contributed by atoms with Gasteiger partial charge in [0.2, 0.25) is 0 Å². The van der Waals surface area contributed by atoms with Crippen LogP contribution in [-0.4, -0.2) is 30.1 Å². The van der Waals surface area contributed by atoms with Crippen LogP contribution in [0.2, 0.25) is 0 Å². The third-order valence-electron chi connectivity index (χ3n) is 2.87. The molecule has 0 amide bonds. The normalized spacial score (nSPS) is 15.8. The molecule has 100 valence electrons. The summed E-state index contributed by atoms with van der Waals surface area (Å²) in [6.45, 7) is 7.97. The second-order valence-electron chi connectivity index (χ2n) is 4.67. The lowest BCUT2D eigenvalue weighted by atomic mass is 10.3. The molecule has 0 unspecified atom stereocenters. The molecule has 0 aromatic carbocycles. The first-order valence-electron chi connectivity index (χ1n) is 6.66. The van der Waals surface area contributed by atoms with Crippen molar-refractivity contribution in [2.45, 2.75) is 46.1 Å². The number of nitrogens with one attached hydrogen (secondary N) is 2. The maximum Gasteiger partial charge on any atom is 0.191 e. The van der Waals surface area contributed by atoms with Gasteiger partial charge in [0.05, 0.1) is 10.7 Å². The highest BCUT2D eigenvalue weighted by Gasteiger charge is 2.21. The Morgan fingerprint density at radius 1 is 1.44 bits per heavy atom. The molecule has 0 atom stereocenters. The number of thiazole rings is 1. The second-order valence-corrected chi connectivity index (χ2v) is 5.96. The first kappa shape index (κ1) is 13.3. The van der Waals surface area contributed by atoms with E-state index in [1.54, 1.807) is 11.3 Å². The highest BCUT2D eigenvalue weighted by molar-refractivity contribution is 7.11. The number of hydrogen-bond acceptors (Lipinski definition) is 3. The van der Waals surface area contributed by atoms with Crippen LogP contribution in [0.4, 0.5) is 0 Å². The molecule has 0 radical (unpaired) electrons. The quantitative estimate of drug-likeness (QED) is 0.633. The van der Waals surface area contributed by atoms with Gasteiger partial charge >= 0.3 is 0 Å². The van der Waals surface area contributed by atoms with Gasteiger partial charge in [0.25, 0.3) is 0 Å².